The van der Waals surface area contributed by atoms with E-state index in [1.54, 1.807) is 4.68 Å². The number of carbonyl (C=O) groups is 1. The molecule has 1 amide bonds. The highest BCUT2D eigenvalue weighted by Gasteiger charge is 2.13. The van der Waals surface area contributed by atoms with Crippen LogP contribution >= 0.6 is 0 Å². The standard InChI is InChI=1S/C19H28N4O/c1-15-17-9-5-6-10-18(17)23(22-15)14-19(24)21-12-11-20-13-16-7-3-2-4-8-16/h5-6,9-10,16,20H,2-4,7-8,11-14H2,1H3,(H,21,24). The fourth-order valence-corrected chi connectivity index (χ4v) is 3.59. The maximum atomic E-state index is 12.1. The quantitative estimate of drug-likeness (QED) is 0.768. The largest absolute Gasteiger partial charge is 0.353 e. The van der Waals surface area contributed by atoms with Crippen molar-refractivity contribution in [1.29, 1.82) is 0 Å². The van der Waals surface area contributed by atoms with Crippen molar-refractivity contribution in [2.45, 2.75) is 45.6 Å². The number of amides is 1. The minimum atomic E-state index is 0.0164. The molecule has 0 spiro atoms. The highest BCUT2D eigenvalue weighted by atomic mass is 16.2. The van der Waals surface area contributed by atoms with Gasteiger partial charge in [-0.15, -0.1) is 0 Å². The van der Waals surface area contributed by atoms with Gasteiger partial charge < -0.3 is 10.6 Å². The molecule has 0 atom stereocenters. The van der Waals surface area contributed by atoms with E-state index < -0.39 is 0 Å². The monoisotopic (exact) mass is 328 g/mol. The van der Waals surface area contributed by atoms with E-state index in [9.17, 15) is 4.79 Å². The van der Waals surface area contributed by atoms with Crippen LogP contribution in [0.3, 0.4) is 0 Å². The molecular weight excluding hydrogens is 300 g/mol. The van der Waals surface area contributed by atoms with Crippen LogP contribution in [0.5, 0.6) is 0 Å². The highest BCUT2D eigenvalue weighted by molar-refractivity contribution is 5.84. The first-order valence-corrected chi connectivity index (χ1v) is 9.13. The van der Waals surface area contributed by atoms with Crippen LogP contribution < -0.4 is 10.6 Å². The first kappa shape index (κ1) is 17.0. The van der Waals surface area contributed by atoms with Crippen LogP contribution in [0.25, 0.3) is 10.9 Å². The lowest BCUT2D eigenvalue weighted by Crippen LogP contribution is -2.35. The molecule has 0 unspecified atom stereocenters. The molecule has 1 aliphatic rings. The number of nitrogens with zero attached hydrogens (tertiary/aromatic N) is 2. The molecule has 1 saturated carbocycles. The zero-order valence-corrected chi connectivity index (χ0v) is 14.6. The van der Waals surface area contributed by atoms with Crippen molar-refractivity contribution in [3.63, 3.8) is 0 Å². The molecular formula is C19H28N4O. The molecule has 1 fully saturated rings. The molecule has 1 aliphatic carbocycles. The second kappa shape index (κ2) is 8.29. The van der Waals surface area contributed by atoms with Gasteiger partial charge in [0.1, 0.15) is 6.54 Å². The van der Waals surface area contributed by atoms with Gasteiger partial charge in [0.2, 0.25) is 5.91 Å². The lowest BCUT2D eigenvalue weighted by atomic mass is 9.89. The van der Waals surface area contributed by atoms with Crippen LogP contribution in [0, 0.1) is 12.8 Å². The Kier molecular flexibility index (Phi) is 5.86. The maximum Gasteiger partial charge on any atom is 0.241 e. The van der Waals surface area contributed by atoms with E-state index in [0.717, 1.165) is 35.6 Å². The van der Waals surface area contributed by atoms with Crippen LogP contribution in [0.1, 0.15) is 37.8 Å². The summed E-state index contributed by atoms with van der Waals surface area (Å²) in [5.74, 6) is 0.843. The number of para-hydroxylation sites is 1. The number of benzene rings is 1. The van der Waals surface area contributed by atoms with Crippen LogP contribution in [0.4, 0.5) is 0 Å². The number of aryl methyl sites for hydroxylation is 1. The second-order valence-electron chi connectivity index (χ2n) is 6.82. The topological polar surface area (TPSA) is 59.0 Å². The highest BCUT2D eigenvalue weighted by Crippen LogP contribution is 2.22. The Morgan fingerprint density at radius 1 is 1.21 bits per heavy atom. The van der Waals surface area contributed by atoms with E-state index in [-0.39, 0.29) is 12.5 Å². The summed E-state index contributed by atoms with van der Waals surface area (Å²) in [5, 5.41) is 12.0. The van der Waals surface area contributed by atoms with E-state index in [4.69, 9.17) is 0 Å². The molecule has 0 saturated heterocycles. The Labute approximate surface area is 143 Å². The van der Waals surface area contributed by atoms with Gasteiger partial charge in [-0.2, -0.15) is 5.10 Å². The molecule has 3 rings (SSSR count). The molecule has 130 valence electrons. The molecule has 2 N–H and O–H groups in total. The zero-order valence-electron chi connectivity index (χ0n) is 14.6. The van der Waals surface area contributed by atoms with Crippen molar-refractivity contribution in [2.75, 3.05) is 19.6 Å². The molecule has 1 heterocycles. The van der Waals surface area contributed by atoms with Crippen molar-refractivity contribution in [3.05, 3.63) is 30.0 Å². The molecule has 0 aliphatic heterocycles. The second-order valence-corrected chi connectivity index (χ2v) is 6.82. The van der Waals surface area contributed by atoms with Crippen molar-refractivity contribution in [3.8, 4) is 0 Å². The van der Waals surface area contributed by atoms with Gasteiger partial charge >= 0.3 is 0 Å². The summed E-state index contributed by atoms with van der Waals surface area (Å²) in [7, 11) is 0. The average molecular weight is 328 g/mol. The fourth-order valence-electron chi connectivity index (χ4n) is 3.59. The molecule has 2 aromatic rings. The van der Waals surface area contributed by atoms with Gasteiger partial charge in [0.05, 0.1) is 11.2 Å². The number of fused-ring (bicyclic) bond motifs is 1. The van der Waals surface area contributed by atoms with Gasteiger partial charge in [0.15, 0.2) is 0 Å². The molecule has 0 bridgehead atoms. The SMILES string of the molecule is Cc1nn(CC(=O)NCCNCC2CCCCC2)c2ccccc12. The summed E-state index contributed by atoms with van der Waals surface area (Å²) < 4.78 is 1.79. The van der Waals surface area contributed by atoms with E-state index in [1.165, 1.54) is 32.1 Å². The van der Waals surface area contributed by atoms with E-state index in [0.29, 0.717) is 6.54 Å². The number of hydrogen-bond acceptors (Lipinski definition) is 3. The summed E-state index contributed by atoms with van der Waals surface area (Å²) in [6, 6.07) is 8.03. The van der Waals surface area contributed by atoms with Crippen LogP contribution in [0.2, 0.25) is 0 Å². The van der Waals surface area contributed by atoms with Gasteiger partial charge in [-0.25, -0.2) is 0 Å². The predicted molar refractivity (Wildman–Crippen MR) is 96.9 cm³/mol. The number of hydrogen-bond donors (Lipinski definition) is 2. The minimum Gasteiger partial charge on any atom is -0.353 e. The summed E-state index contributed by atoms with van der Waals surface area (Å²) in [4.78, 5) is 12.1. The van der Waals surface area contributed by atoms with Gasteiger partial charge in [-0.05, 0) is 38.3 Å². The minimum absolute atomic E-state index is 0.0164. The van der Waals surface area contributed by atoms with Crippen LogP contribution in [-0.2, 0) is 11.3 Å². The third-order valence-corrected chi connectivity index (χ3v) is 4.92. The molecule has 1 aromatic carbocycles. The van der Waals surface area contributed by atoms with E-state index in [2.05, 4.69) is 15.7 Å². The Morgan fingerprint density at radius 3 is 2.83 bits per heavy atom. The van der Waals surface area contributed by atoms with Gasteiger partial charge in [-0.1, -0.05) is 37.5 Å². The van der Waals surface area contributed by atoms with Crippen molar-refractivity contribution in [2.24, 2.45) is 5.92 Å². The smallest absolute Gasteiger partial charge is 0.241 e. The Balaban J connectivity index is 1.39. The lowest BCUT2D eigenvalue weighted by molar-refractivity contribution is -0.121. The zero-order chi connectivity index (χ0) is 16.8. The third kappa shape index (κ3) is 4.35. The fraction of sp³-hybridized carbons (Fsp3) is 0.579. The number of nitrogens with one attached hydrogen (secondary N) is 2. The Morgan fingerprint density at radius 2 is 2.00 bits per heavy atom. The third-order valence-electron chi connectivity index (χ3n) is 4.92. The summed E-state index contributed by atoms with van der Waals surface area (Å²) >= 11 is 0. The molecule has 0 radical (unpaired) electrons. The number of carbonyl (C=O) groups excluding carboxylic acids is 1. The summed E-state index contributed by atoms with van der Waals surface area (Å²) in [6.07, 6.45) is 6.85. The van der Waals surface area contributed by atoms with Gasteiger partial charge in [0.25, 0.3) is 0 Å². The van der Waals surface area contributed by atoms with Crippen LogP contribution in [-0.4, -0.2) is 35.3 Å². The predicted octanol–water partition coefficient (Wildman–Crippen LogP) is 2.63. The lowest BCUT2D eigenvalue weighted by Gasteiger charge is -2.21. The van der Waals surface area contributed by atoms with Crippen molar-refractivity contribution in [1.82, 2.24) is 20.4 Å². The molecule has 1 aromatic heterocycles. The summed E-state index contributed by atoms with van der Waals surface area (Å²) in [5.41, 5.74) is 1.98. The van der Waals surface area contributed by atoms with Gasteiger partial charge in [-0.3, -0.25) is 9.48 Å². The first-order chi connectivity index (χ1) is 11.7. The van der Waals surface area contributed by atoms with Gasteiger partial charge in [0, 0.05) is 18.5 Å². The van der Waals surface area contributed by atoms with Crippen molar-refractivity contribution >= 4 is 16.8 Å². The summed E-state index contributed by atoms with van der Waals surface area (Å²) in [6.45, 7) is 4.84. The normalized spacial score (nSPS) is 15.7. The number of rotatable bonds is 7. The molecule has 5 heteroatoms. The number of aromatic nitrogens is 2. The van der Waals surface area contributed by atoms with Crippen LogP contribution in [0.15, 0.2) is 24.3 Å². The average Bonchev–Trinajstić information content (AvgIpc) is 2.92. The van der Waals surface area contributed by atoms with E-state index >= 15 is 0 Å². The Hall–Kier alpha value is -1.88. The van der Waals surface area contributed by atoms with Crippen molar-refractivity contribution < 1.29 is 4.79 Å². The Bertz CT molecular complexity index is 673. The molecule has 5 nitrogen and oxygen atoms in total. The maximum absolute atomic E-state index is 12.1. The first-order valence-electron chi connectivity index (χ1n) is 9.13. The van der Waals surface area contributed by atoms with E-state index in [1.807, 2.05) is 31.2 Å². The molecule has 24 heavy (non-hydrogen) atoms.